The Morgan fingerprint density at radius 1 is 0.949 bits per heavy atom. The Balaban J connectivity index is 1.26. The van der Waals surface area contributed by atoms with E-state index in [1.807, 2.05) is 30.3 Å². The Bertz CT molecular complexity index is 1520. The van der Waals surface area contributed by atoms with Gasteiger partial charge in [0.05, 0.1) is 16.3 Å². The molecule has 0 spiro atoms. The molecular weight excluding hydrogens is 540 g/mol. The highest BCUT2D eigenvalue weighted by Gasteiger charge is 2.21. The van der Waals surface area contributed by atoms with E-state index in [1.54, 1.807) is 29.6 Å². The highest BCUT2D eigenvalue weighted by molar-refractivity contribution is 7.92. The smallest absolute Gasteiger partial charge is 0.344 e. The molecule has 1 amide bonds. The van der Waals surface area contributed by atoms with Gasteiger partial charge in [-0.3, -0.25) is 9.10 Å². The number of nitrogens with zero attached hydrogens (tertiary/aromatic N) is 2. The summed E-state index contributed by atoms with van der Waals surface area (Å²) in [5.74, 6) is -0.431. The second-order valence-electron chi connectivity index (χ2n) is 8.26. The van der Waals surface area contributed by atoms with Crippen LogP contribution in [0.1, 0.15) is 12.6 Å². The molecule has 1 aromatic heterocycles. The number of nitrogens with one attached hydrogen (secondary N) is 2. The van der Waals surface area contributed by atoms with E-state index in [4.69, 9.17) is 9.47 Å². The molecule has 2 N–H and O–H groups in total. The number of hydrogen-bond acceptors (Lipinski definition) is 9. The number of esters is 1. The van der Waals surface area contributed by atoms with Gasteiger partial charge in [0.15, 0.2) is 11.7 Å². The average molecular weight is 567 g/mol. The van der Waals surface area contributed by atoms with E-state index in [2.05, 4.69) is 15.6 Å². The summed E-state index contributed by atoms with van der Waals surface area (Å²) < 4.78 is 37.8. The molecule has 0 saturated carbocycles. The van der Waals surface area contributed by atoms with E-state index < -0.39 is 16.0 Å². The predicted octanol–water partition coefficient (Wildman–Crippen LogP) is 4.79. The summed E-state index contributed by atoms with van der Waals surface area (Å²) in [4.78, 5) is 27.8. The van der Waals surface area contributed by atoms with Crippen LogP contribution in [0.3, 0.4) is 0 Å². The highest BCUT2D eigenvalue weighted by Crippen LogP contribution is 2.25. The van der Waals surface area contributed by atoms with Crippen LogP contribution in [0.2, 0.25) is 0 Å². The van der Waals surface area contributed by atoms with Crippen molar-refractivity contribution in [3.05, 3.63) is 89.9 Å². The van der Waals surface area contributed by atoms with Gasteiger partial charge < -0.3 is 20.1 Å². The van der Waals surface area contributed by atoms with Crippen LogP contribution >= 0.6 is 11.3 Å². The van der Waals surface area contributed by atoms with Crippen molar-refractivity contribution in [1.82, 2.24) is 4.98 Å². The van der Waals surface area contributed by atoms with Gasteiger partial charge in [0, 0.05) is 30.7 Å². The molecule has 39 heavy (non-hydrogen) atoms. The van der Waals surface area contributed by atoms with Crippen molar-refractivity contribution in [1.29, 1.82) is 0 Å². The summed E-state index contributed by atoms with van der Waals surface area (Å²) in [6, 6.07) is 21.8. The van der Waals surface area contributed by atoms with Crippen LogP contribution in [0.15, 0.2) is 89.1 Å². The minimum atomic E-state index is -3.83. The molecule has 0 bridgehead atoms. The normalized spacial score (nSPS) is 10.9. The van der Waals surface area contributed by atoms with Crippen LogP contribution < -0.4 is 19.7 Å². The minimum Gasteiger partial charge on any atom is -0.482 e. The van der Waals surface area contributed by atoms with Crippen LogP contribution in [0, 0.1) is 0 Å². The van der Waals surface area contributed by atoms with Gasteiger partial charge in [-0.1, -0.05) is 18.2 Å². The van der Waals surface area contributed by atoms with Gasteiger partial charge in [-0.2, -0.15) is 0 Å². The lowest BCUT2D eigenvalue weighted by Gasteiger charge is -2.20. The molecule has 0 aliphatic heterocycles. The van der Waals surface area contributed by atoms with Gasteiger partial charge in [-0.05, 0) is 60.7 Å². The topological polar surface area (TPSA) is 127 Å². The number of thiazole rings is 1. The van der Waals surface area contributed by atoms with Gasteiger partial charge in [0.1, 0.15) is 12.4 Å². The van der Waals surface area contributed by atoms with Crippen molar-refractivity contribution in [2.75, 3.05) is 28.6 Å². The molecule has 10 nitrogen and oxygen atoms in total. The molecule has 0 radical (unpaired) electrons. The molecule has 0 fully saturated rings. The van der Waals surface area contributed by atoms with Gasteiger partial charge in [-0.15, -0.1) is 11.3 Å². The zero-order valence-electron chi connectivity index (χ0n) is 21.2. The number of hydrogen-bond donors (Lipinski definition) is 2. The van der Waals surface area contributed by atoms with Crippen molar-refractivity contribution < 1.29 is 27.5 Å². The minimum absolute atomic E-state index is 0.0164. The number of amides is 1. The number of anilines is 4. The second kappa shape index (κ2) is 12.4. The predicted molar refractivity (Wildman–Crippen MR) is 150 cm³/mol. The monoisotopic (exact) mass is 566 g/mol. The number of ether oxygens (including phenoxy) is 2. The van der Waals surface area contributed by atoms with Gasteiger partial charge >= 0.3 is 5.97 Å². The van der Waals surface area contributed by atoms with E-state index in [-0.39, 0.29) is 24.0 Å². The number of sulfonamides is 1. The van der Waals surface area contributed by atoms with Gasteiger partial charge in [-0.25, -0.2) is 18.2 Å². The Kier molecular flexibility index (Phi) is 8.79. The largest absolute Gasteiger partial charge is 0.482 e. The Hall–Kier alpha value is -4.42. The molecule has 12 heteroatoms. The lowest BCUT2D eigenvalue weighted by molar-refractivity contribution is -0.147. The summed E-state index contributed by atoms with van der Waals surface area (Å²) in [6.45, 7) is 1.08. The summed E-state index contributed by atoms with van der Waals surface area (Å²) >= 11 is 1.41. The van der Waals surface area contributed by atoms with E-state index in [9.17, 15) is 18.0 Å². The maximum Gasteiger partial charge on any atom is 0.344 e. The maximum absolute atomic E-state index is 13.0. The molecule has 0 aliphatic carbocycles. The summed E-state index contributed by atoms with van der Waals surface area (Å²) in [5, 5.41) is 8.28. The highest BCUT2D eigenvalue weighted by atomic mass is 32.2. The SMILES string of the molecule is CC(=O)Nc1ccc(S(=O)(=O)N(C)c2ccc(OCC(=O)OCc3csc(Nc4ccccc4)n3)cc2)cc1. The van der Waals surface area contributed by atoms with Crippen molar-refractivity contribution in [2.24, 2.45) is 0 Å². The fourth-order valence-electron chi connectivity index (χ4n) is 3.38. The molecular formula is C27H26N4O6S2. The zero-order chi connectivity index (χ0) is 27.8. The molecule has 1 heterocycles. The quantitative estimate of drug-likeness (QED) is 0.248. The first-order chi connectivity index (χ1) is 18.7. The average Bonchev–Trinajstić information content (AvgIpc) is 3.38. The van der Waals surface area contributed by atoms with Crippen molar-refractivity contribution in [3.8, 4) is 5.75 Å². The number of rotatable bonds is 11. The molecule has 0 saturated heterocycles. The summed E-state index contributed by atoms with van der Waals surface area (Å²) in [7, 11) is -2.40. The maximum atomic E-state index is 13.0. The summed E-state index contributed by atoms with van der Waals surface area (Å²) in [6.07, 6.45) is 0. The fourth-order valence-corrected chi connectivity index (χ4v) is 5.29. The number of benzene rings is 3. The first-order valence-electron chi connectivity index (χ1n) is 11.7. The molecule has 4 rings (SSSR count). The first kappa shape index (κ1) is 27.6. The standard InChI is InChI=1S/C27H26N4O6S2/c1-19(32)28-21-8-14-25(15-9-21)39(34,35)31(2)23-10-12-24(13-11-23)36-17-26(33)37-16-22-18-38-27(30-22)29-20-6-4-3-5-7-20/h3-15,18H,16-17H2,1-2H3,(H,28,32)(H,29,30). The number of carbonyl (C=O) groups excluding carboxylic acids is 2. The van der Waals surface area contributed by atoms with Crippen LogP contribution in [-0.4, -0.2) is 38.9 Å². The third-order valence-corrected chi connectivity index (χ3v) is 7.95. The van der Waals surface area contributed by atoms with Crippen LogP contribution in [0.5, 0.6) is 5.75 Å². The second-order valence-corrected chi connectivity index (χ2v) is 11.1. The van der Waals surface area contributed by atoms with Crippen LogP contribution in [-0.2, 0) is 31.0 Å². The van der Waals surface area contributed by atoms with E-state index in [0.29, 0.717) is 27.9 Å². The van der Waals surface area contributed by atoms with Gasteiger partial charge in [0.25, 0.3) is 10.0 Å². The third-order valence-electron chi connectivity index (χ3n) is 5.35. The van der Waals surface area contributed by atoms with E-state index in [1.165, 1.54) is 49.6 Å². The zero-order valence-corrected chi connectivity index (χ0v) is 22.8. The number of para-hydroxylation sites is 1. The number of carbonyl (C=O) groups is 2. The lowest BCUT2D eigenvalue weighted by atomic mass is 10.3. The molecule has 0 aliphatic rings. The third kappa shape index (κ3) is 7.55. The molecule has 0 unspecified atom stereocenters. The van der Waals surface area contributed by atoms with Crippen molar-refractivity contribution in [3.63, 3.8) is 0 Å². The van der Waals surface area contributed by atoms with E-state index in [0.717, 1.165) is 9.99 Å². The lowest BCUT2D eigenvalue weighted by Crippen LogP contribution is -2.26. The van der Waals surface area contributed by atoms with Crippen LogP contribution in [0.4, 0.5) is 22.2 Å². The van der Waals surface area contributed by atoms with Crippen molar-refractivity contribution in [2.45, 2.75) is 18.4 Å². The molecule has 202 valence electrons. The summed E-state index contributed by atoms with van der Waals surface area (Å²) in [5.41, 5.74) is 2.43. The first-order valence-corrected chi connectivity index (χ1v) is 14.0. The Morgan fingerprint density at radius 2 is 1.64 bits per heavy atom. The molecule has 0 atom stereocenters. The van der Waals surface area contributed by atoms with Gasteiger partial charge in [0.2, 0.25) is 5.91 Å². The van der Waals surface area contributed by atoms with Crippen molar-refractivity contribution >= 4 is 55.4 Å². The molecule has 4 aromatic rings. The van der Waals surface area contributed by atoms with Crippen LogP contribution in [0.25, 0.3) is 0 Å². The fraction of sp³-hybridized carbons (Fsp3) is 0.148. The molecule has 3 aromatic carbocycles. The Labute approximate surface area is 230 Å². The number of aromatic nitrogens is 1. The Morgan fingerprint density at radius 3 is 2.31 bits per heavy atom. The van der Waals surface area contributed by atoms with E-state index >= 15 is 0 Å².